The molecule has 2 aliphatic rings. The molecule has 2 N–H and O–H groups in total. The van der Waals surface area contributed by atoms with Crippen molar-refractivity contribution in [2.24, 2.45) is 11.8 Å². The highest BCUT2D eigenvalue weighted by Crippen LogP contribution is 2.23. The molecule has 0 unspecified atom stereocenters. The lowest BCUT2D eigenvalue weighted by Crippen LogP contribution is -2.60. The number of amides is 5. The number of carbonyl (C=O) groups excluding carboxylic acids is 6. The van der Waals surface area contributed by atoms with Crippen LogP contribution >= 0.6 is 0 Å². The zero-order valence-corrected chi connectivity index (χ0v) is 25.5. The smallest absolute Gasteiger partial charge is 0.308 e. The standard InChI is InChI=1S/C29H47N5O7/c1-9-12-21-27(38)34-16-11-13-20(34)26(37)31-23(18(5)10-2)28(39)33(8)24(17(3)4)29(40)32(7)19(6)25(36)30-15-14-22(35)41-21/h9,17-21,23-24H,1,10-16H2,2-8H3,(H,30,36)(H,31,37)/t18-,19-,20-,21-,23+,24-/m1/s1. The molecular formula is C29H47N5O7. The third kappa shape index (κ3) is 8.07. The van der Waals surface area contributed by atoms with Crippen molar-refractivity contribution in [1.29, 1.82) is 0 Å². The molecule has 0 saturated carbocycles. The van der Waals surface area contributed by atoms with Crippen LogP contribution in [-0.4, -0.2) is 108 Å². The van der Waals surface area contributed by atoms with Gasteiger partial charge in [-0.05, 0) is 31.6 Å². The van der Waals surface area contributed by atoms with Crippen LogP contribution < -0.4 is 10.6 Å². The Hall–Kier alpha value is -3.44. The van der Waals surface area contributed by atoms with Crippen molar-refractivity contribution in [3.05, 3.63) is 12.7 Å². The number of hydrogen-bond acceptors (Lipinski definition) is 7. The molecule has 230 valence electrons. The van der Waals surface area contributed by atoms with Crippen LogP contribution in [0.3, 0.4) is 0 Å². The Morgan fingerprint density at radius 2 is 1.66 bits per heavy atom. The maximum Gasteiger partial charge on any atom is 0.308 e. The van der Waals surface area contributed by atoms with Crippen LogP contribution in [0.1, 0.15) is 66.7 Å². The number of carbonyl (C=O) groups is 6. The Morgan fingerprint density at radius 1 is 1.00 bits per heavy atom. The molecule has 0 aromatic heterocycles. The Balaban J connectivity index is 2.53. The zero-order valence-electron chi connectivity index (χ0n) is 25.5. The molecule has 12 nitrogen and oxygen atoms in total. The molecule has 5 amide bonds. The SMILES string of the molecule is C=CC[C@H]1OC(=O)CCNC(=O)[C@@H](C)N(C)C(=O)[C@@H](C(C)C)N(C)C(=O)[C@H]([C@H](C)CC)NC(=O)[C@H]2CCCN2C1=O. The Labute approximate surface area is 243 Å². The minimum absolute atomic E-state index is 0.0566. The predicted octanol–water partition coefficient (Wildman–Crippen LogP) is 0.846. The molecule has 2 saturated heterocycles. The van der Waals surface area contributed by atoms with Gasteiger partial charge in [0.2, 0.25) is 23.6 Å². The Morgan fingerprint density at radius 3 is 2.24 bits per heavy atom. The monoisotopic (exact) mass is 577 g/mol. The summed E-state index contributed by atoms with van der Waals surface area (Å²) in [5.41, 5.74) is 0. The first-order valence-corrected chi connectivity index (χ1v) is 14.5. The third-order valence-corrected chi connectivity index (χ3v) is 8.13. The van der Waals surface area contributed by atoms with E-state index in [1.54, 1.807) is 6.92 Å². The highest BCUT2D eigenvalue weighted by molar-refractivity contribution is 5.96. The summed E-state index contributed by atoms with van der Waals surface area (Å²) < 4.78 is 5.45. The van der Waals surface area contributed by atoms with Crippen LogP contribution in [0.2, 0.25) is 0 Å². The van der Waals surface area contributed by atoms with Gasteiger partial charge in [0.25, 0.3) is 5.91 Å². The van der Waals surface area contributed by atoms with Crippen molar-refractivity contribution in [2.45, 2.75) is 97.0 Å². The summed E-state index contributed by atoms with van der Waals surface area (Å²) in [4.78, 5) is 84.0. The van der Waals surface area contributed by atoms with Crippen molar-refractivity contribution >= 4 is 35.5 Å². The summed E-state index contributed by atoms with van der Waals surface area (Å²) in [6.07, 6.45) is 1.70. The summed E-state index contributed by atoms with van der Waals surface area (Å²) in [6, 6.07) is -3.57. The van der Waals surface area contributed by atoms with Crippen LogP contribution in [0.25, 0.3) is 0 Å². The molecule has 2 rings (SSSR count). The second-order valence-electron chi connectivity index (χ2n) is 11.4. The van der Waals surface area contributed by atoms with E-state index in [0.717, 1.165) is 0 Å². The van der Waals surface area contributed by atoms with E-state index in [1.165, 1.54) is 34.9 Å². The van der Waals surface area contributed by atoms with Gasteiger partial charge in [0.15, 0.2) is 6.10 Å². The number of cyclic esters (lactones) is 1. The fourth-order valence-corrected chi connectivity index (χ4v) is 5.25. The van der Waals surface area contributed by atoms with Crippen LogP contribution in [-0.2, 0) is 33.5 Å². The average Bonchev–Trinajstić information content (AvgIpc) is 3.43. The molecule has 0 radical (unpaired) electrons. The molecule has 6 atom stereocenters. The van der Waals surface area contributed by atoms with E-state index >= 15 is 0 Å². The summed E-state index contributed by atoms with van der Waals surface area (Å²) in [5, 5.41) is 5.51. The molecule has 0 spiro atoms. The highest BCUT2D eigenvalue weighted by atomic mass is 16.5. The number of nitrogens with zero attached hydrogens (tertiary/aromatic N) is 3. The lowest BCUT2D eigenvalue weighted by atomic mass is 9.94. The number of fused-ring (bicyclic) bond motifs is 1. The van der Waals surface area contributed by atoms with Crippen LogP contribution in [0.15, 0.2) is 12.7 Å². The fraction of sp³-hybridized carbons (Fsp3) is 0.724. The third-order valence-electron chi connectivity index (χ3n) is 8.13. The topological polar surface area (TPSA) is 145 Å². The second kappa shape index (κ2) is 15.0. The Kier molecular flexibility index (Phi) is 12.3. The maximum atomic E-state index is 13.9. The van der Waals surface area contributed by atoms with Crippen molar-refractivity contribution in [3.63, 3.8) is 0 Å². The largest absolute Gasteiger partial charge is 0.452 e. The minimum atomic E-state index is -1.17. The first-order valence-electron chi connectivity index (χ1n) is 14.5. The van der Waals surface area contributed by atoms with Crippen molar-refractivity contribution in [3.8, 4) is 0 Å². The molecule has 0 aromatic carbocycles. The number of esters is 1. The van der Waals surface area contributed by atoms with E-state index in [2.05, 4.69) is 17.2 Å². The molecule has 2 fully saturated rings. The normalized spacial score (nSPS) is 28.8. The fourth-order valence-electron chi connectivity index (χ4n) is 5.25. The molecule has 0 aliphatic carbocycles. The van der Waals surface area contributed by atoms with Crippen LogP contribution in [0, 0.1) is 11.8 Å². The number of hydrogen-bond donors (Lipinski definition) is 2. The molecule has 0 aromatic rings. The van der Waals surface area contributed by atoms with Gasteiger partial charge in [0, 0.05) is 33.6 Å². The quantitative estimate of drug-likeness (QED) is 0.364. The molecule has 0 bridgehead atoms. The summed E-state index contributed by atoms with van der Waals surface area (Å²) in [7, 11) is 3.02. The predicted molar refractivity (Wildman–Crippen MR) is 152 cm³/mol. The van der Waals surface area contributed by atoms with Crippen molar-refractivity contribution in [2.75, 3.05) is 27.2 Å². The number of ether oxygens (including phenoxy) is 1. The van der Waals surface area contributed by atoms with E-state index in [1.807, 2.05) is 27.7 Å². The molecule has 12 heteroatoms. The maximum absolute atomic E-state index is 13.9. The van der Waals surface area contributed by atoms with E-state index in [9.17, 15) is 28.8 Å². The summed E-state index contributed by atoms with van der Waals surface area (Å²) in [5.74, 6) is -3.58. The van der Waals surface area contributed by atoms with E-state index in [0.29, 0.717) is 25.8 Å². The second-order valence-corrected chi connectivity index (χ2v) is 11.4. The van der Waals surface area contributed by atoms with Gasteiger partial charge in [-0.15, -0.1) is 6.58 Å². The van der Waals surface area contributed by atoms with Crippen LogP contribution in [0.4, 0.5) is 0 Å². The van der Waals surface area contributed by atoms with Gasteiger partial charge >= 0.3 is 5.97 Å². The van der Waals surface area contributed by atoms with Crippen LogP contribution in [0.5, 0.6) is 0 Å². The number of nitrogens with one attached hydrogen (secondary N) is 2. The summed E-state index contributed by atoms with van der Waals surface area (Å²) in [6.45, 7) is 12.8. The molecule has 41 heavy (non-hydrogen) atoms. The van der Waals surface area contributed by atoms with E-state index in [4.69, 9.17) is 4.74 Å². The zero-order chi connectivity index (χ0) is 31.0. The highest BCUT2D eigenvalue weighted by Gasteiger charge is 2.42. The molecule has 2 heterocycles. The molecular weight excluding hydrogens is 530 g/mol. The van der Waals surface area contributed by atoms with Gasteiger partial charge in [-0.2, -0.15) is 0 Å². The van der Waals surface area contributed by atoms with Gasteiger partial charge in [-0.3, -0.25) is 28.8 Å². The van der Waals surface area contributed by atoms with Gasteiger partial charge in [0.05, 0.1) is 6.42 Å². The van der Waals surface area contributed by atoms with E-state index in [-0.39, 0.29) is 31.2 Å². The van der Waals surface area contributed by atoms with Gasteiger partial charge in [-0.25, -0.2) is 0 Å². The lowest BCUT2D eigenvalue weighted by molar-refractivity contribution is -0.161. The molecule has 2 aliphatic heterocycles. The first kappa shape index (κ1) is 33.8. The average molecular weight is 578 g/mol. The Bertz CT molecular complexity index is 1020. The van der Waals surface area contributed by atoms with Gasteiger partial charge < -0.3 is 30.1 Å². The minimum Gasteiger partial charge on any atom is -0.452 e. The number of likely N-dealkylation sites (N-methyl/N-ethyl adjacent to an activating group) is 2. The summed E-state index contributed by atoms with van der Waals surface area (Å²) >= 11 is 0. The van der Waals surface area contributed by atoms with Gasteiger partial charge in [-0.1, -0.05) is 40.2 Å². The lowest BCUT2D eigenvalue weighted by Gasteiger charge is -2.38. The van der Waals surface area contributed by atoms with E-state index < -0.39 is 65.8 Å². The van der Waals surface area contributed by atoms with Crippen molar-refractivity contribution < 1.29 is 33.5 Å². The first-order chi connectivity index (χ1) is 19.3. The van der Waals surface area contributed by atoms with Crippen molar-refractivity contribution in [1.82, 2.24) is 25.3 Å². The number of rotatable bonds is 5. The van der Waals surface area contributed by atoms with Gasteiger partial charge in [0.1, 0.15) is 24.2 Å².